The van der Waals surface area contributed by atoms with Gasteiger partial charge >= 0.3 is 0 Å². The molecule has 0 aliphatic carbocycles. The van der Waals surface area contributed by atoms with Crippen LogP contribution in [0.3, 0.4) is 0 Å². The molecule has 1 nitrogen and oxygen atoms in total. The third kappa shape index (κ3) is 1.48. The molecule has 0 bridgehead atoms. The molecule has 0 spiro atoms. The van der Waals surface area contributed by atoms with Gasteiger partial charge in [-0.15, -0.1) is 0 Å². The zero-order chi connectivity index (χ0) is 8.55. The summed E-state index contributed by atoms with van der Waals surface area (Å²) in [6.07, 6.45) is 0.981. The molecule has 1 saturated heterocycles. The van der Waals surface area contributed by atoms with Gasteiger partial charge in [-0.1, -0.05) is 18.2 Å². The first kappa shape index (κ1) is 7.74. The second-order valence-electron chi connectivity index (χ2n) is 3.21. The first-order chi connectivity index (χ1) is 5.77. The summed E-state index contributed by atoms with van der Waals surface area (Å²) in [6.45, 7) is 2.57. The standard InChI is InChI=1S/C10H11FO/c1-7-3-2-4-8(10(7)11)5-9-6-12-9/h2-4,9H,5-6H2,1H3. The van der Waals surface area contributed by atoms with Crippen LogP contribution < -0.4 is 0 Å². The van der Waals surface area contributed by atoms with Crippen LogP contribution in [0.4, 0.5) is 4.39 Å². The van der Waals surface area contributed by atoms with Crippen LogP contribution >= 0.6 is 0 Å². The molecular formula is C10H11FO. The number of hydrogen-bond acceptors (Lipinski definition) is 1. The zero-order valence-corrected chi connectivity index (χ0v) is 7.01. The molecule has 0 N–H and O–H groups in total. The maximum atomic E-state index is 13.3. The molecule has 12 heavy (non-hydrogen) atoms. The van der Waals surface area contributed by atoms with Gasteiger partial charge < -0.3 is 4.74 Å². The summed E-state index contributed by atoms with van der Waals surface area (Å²) in [5, 5.41) is 0. The van der Waals surface area contributed by atoms with Crippen molar-refractivity contribution in [2.45, 2.75) is 19.4 Å². The minimum atomic E-state index is -0.0759. The second kappa shape index (κ2) is 2.87. The Balaban J connectivity index is 2.23. The predicted octanol–water partition coefficient (Wildman–Crippen LogP) is 2.08. The van der Waals surface area contributed by atoms with Crippen LogP contribution in [0.15, 0.2) is 18.2 Å². The minimum Gasteiger partial charge on any atom is -0.373 e. The Hall–Kier alpha value is -0.890. The first-order valence-corrected chi connectivity index (χ1v) is 4.13. The zero-order valence-electron chi connectivity index (χ0n) is 7.01. The van der Waals surface area contributed by atoms with E-state index in [1.165, 1.54) is 0 Å². The number of ether oxygens (including phenoxy) is 1. The Morgan fingerprint density at radius 3 is 3.00 bits per heavy atom. The molecule has 0 aromatic heterocycles. The largest absolute Gasteiger partial charge is 0.373 e. The fourth-order valence-electron chi connectivity index (χ4n) is 1.30. The molecule has 1 aliphatic rings. The van der Waals surface area contributed by atoms with Crippen molar-refractivity contribution in [2.24, 2.45) is 0 Å². The highest BCUT2D eigenvalue weighted by Crippen LogP contribution is 2.19. The molecule has 0 saturated carbocycles. The van der Waals surface area contributed by atoms with Crippen molar-refractivity contribution in [3.05, 3.63) is 35.1 Å². The molecule has 1 atom stereocenters. The SMILES string of the molecule is Cc1cccc(CC2CO2)c1F. The number of halogens is 1. The van der Waals surface area contributed by atoms with Crippen LogP contribution in [-0.2, 0) is 11.2 Å². The molecule has 0 amide bonds. The maximum absolute atomic E-state index is 13.3. The third-order valence-electron chi connectivity index (χ3n) is 2.12. The minimum absolute atomic E-state index is 0.0759. The Morgan fingerprint density at radius 2 is 2.33 bits per heavy atom. The predicted molar refractivity (Wildman–Crippen MR) is 44.6 cm³/mol. The molecule has 1 unspecified atom stereocenters. The Bertz CT molecular complexity index is 292. The van der Waals surface area contributed by atoms with Crippen molar-refractivity contribution in [2.75, 3.05) is 6.61 Å². The van der Waals surface area contributed by atoms with E-state index in [4.69, 9.17) is 4.74 Å². The van der Waals surface area contributed by atoms with Crippen molar-refractivity contribution < 1.29 is 9.13 Å². The normalized spacial score (nSPS) is 21.0. The van der Waals surface area contributed by atoms with Gasteiger partial charge in [0.25, 0.3) is 0 Å². The van der Waals surface area contributed by atoms with Crippen molar-refractivity contribution in [3.63, 3.8) is 0 Å². The smallest absolute Gasteiger partial charge is 0.129 e. The van der Waals surface area contributed by atoms with Gasteiger partial charge in [0.2, 0.25) is 0 Å². The average molecular weight is 166 g/mol. The van der Waals surface area contributed by atoms with Crippen molar-refractivity contribution in [1.82, 2.24) is 0 Å². The second-order valence-corrected chi connectivity index (χ2v) is 3.21. The highest BCUT2D eigenvalue weighted by Gasteiger charge is 2.24. The number of hydrogen-bond donors (Lipinski definition) is 0. The van der Waals surface area contributed by atoms with Crippen molar-refractivity contribution in [1.29, 1.82) is 0 Å². The van der Waals surface area contributed by atoms with E-state index in [0.717, 1.165) is 12.2 Å². The third-order valence-corrected chi connectivity index (χ3v) is 2.12. The summed E-state index contributed by atoms with van der Waals surface area (Å²) in [4.78, 5) is 0. The van der Waals surface area contributed by atoms with Gasteiger partial charge in [0.05, 0.1) is 12.7 Å². The molecule has 2 rings (SSSR count). The van der Waals surface area contributed by atoms with Crippen LogP contribution in [0.5, 0.6) is 0 Å². The molecule has 1 aromatic rings. The van der Waals surface area contributed by atoms with Gasteiger partial charge in [0.15, 0.2) is 0 Å². The molecular weight excluding hydrogens is 155 g/mol. The fraction of sp³-hybridized carbons (Fsp3) is 0.400. The number of benzene rings is 1. The van der Waals surface area contributed by atoms with Gasteiger partial charge in [-0.25, -0.2) is 4.39 Å². The molecule has 64 valence electrons. The van der Waals surface area contributed by atoms with E-state index in [1.807, 2.05) is 12.1 Å². The molecule has 1 aliphatic heterocycles. The molecule has 1 heterocycles. The maximum Gasteiger partial charge on any atom is 0.129 e. The van der Waals surface area contributed by atoms with Gasteiger partial charge in [-0.05, 0) is 18.1 Å². The van der Waals surface area contributed by atoms with Gasteiger partial charge in [0.1, 0.15) is 5.82 Å². The van der Waals surface area contributed by atoms with Gasteiger partial charge in [-0.3, -0.25) is 0 Å². The van der Waals surface area contributed by atoms with Crippen LogP contribution in [0.25, 0.3) is 0 Å². The van der Waals surface area contributed by atoms with E-state index in [0.29, 0.717) is 12.0 Å². The summed E-state index contributed by atoms with van der Waals surface area (Å²) in [7, 11) is 0. The number of aryl methyl sites for hydroxylation is 1. The lowest BCUT2D eigenvalue weighted by Crippen LogP contribution is -1.98. The fourth-order valence-corrected chi connectivity index (χ4v) is 1.30. The summed E-state index contributed by atoms with van der Waals surface area (Å²) in [5.74, 6) is -0.0759. The Kier molecular flexibility index (Phi) is 1.85. The Labute approximate surface area is 71.2 Å². The van der Waals surface area contributed by atoms with Gasteiger partial charge in [-0.2, -0.15) is 0 Å². The van der Waals surface area contributed by atoms with Crippen molar-refractivity contribution >= 4 is 0 Å². The Morgan fingerprint density at radius 1 is 1.58 bits per heavy atom. The van der Waals surface area contributed by atoms with Crippen LogP contribution in [0, 0.1) is 12.7 Å². The van der Waals surface area contributed by atoms with Crippen LogP contribution in [-0.4, -0.2) is 12.7 Å². The summed E-state index contributed by atoms with van der Waals surface area (Å²) in [6, 6.07) is 5.49. The van der Waals surface area contributed by atoms with Crippen LogP contribution in [0.2, 0.25) is 0 Å². The highest BCUT2D eigenvalue weighted by molar-refractivity contribution is 5.25. The lowest BCUT2D eigenvalue weighted by molar-refractivity contribution is 0.404. The average Bonchev–Trinajstić information content (AvgIpc) is 2.83. The molecule has 0 radical (unpaired) electrons. The molecule has 1 aromatic carbocycles. The monoisotopic (exact) mass is 166 g/mol. The van der Waals surface area contributed by atoms with Gasteiger partial charge in [0, 0.05) is 6.42 Å². The van der Waals surface area contributed by atoms with E-state index >= 15 is 0 Å². The summed E-state index contributed by atoms with van der Waals surface area (Å²) in [5.41, 5.74) is 1.49. The van der Waals surface area contributed by atoms with Crippen molar-refractivity contribution in [3.8, 4) is 0 Å². The summed E-state index contributed by atoms with van der Waals surface area (Å²) >= 11 is 0. The quantitative estimate of drug-likeness (QED) is 0.613. The first-order valence-electron chi connectivity index (χ1n) is 4.13. The van der Waals surface area contributed by atoms with E-state index in [2.05, 4.69) is 0 Å². The lowest BCUT2D eigenvalue weighted by Gasteiger charge is -2.02. The lowest BCUT2D eigenvalue weighted by atomic mass is 10.1. The van der Waals surface area contributed by atoms with E-state index in [-0.39, 0.29) is 11.9 Å². The van der Waals surface area contributed by atoms with E-state index in [9.17, 15) is 4.39 Å². The highest BCUT2D eigenvalue weighted by atomic mass is 19.1. The topological polar surface area (TPSA) is 12.5 Å². The van der Waals surface area contributed by atoms with Crippen LogP contribution in [0.1, 0.15) is 11.1 Å². The molecule has 2 heteroatoms. The van der Waals surface area contributed by atoms with E-state index < -0.39 is 0 Å². The number of rotatable bonds is 2. The summed E-state index contributed by atoms with van der Waals surface area (Å²) < 4.78 is 18.4. The van der Waals surface area contributed by atoms with E-state index in [1.54, 1.807) is 13.0 Å². The number of epoxide rings is 1. The molecule has 1 fully saturated rings.